The predicted octanol–water partition coefficient (Wildman–Crippen LogP) is 2.60. The van der Waals surface area contributed by atoms with Crippen LogP contribution in [0.5, 0.6) is 5.75 Å². The highest BCUT2D eigenvalue weighted by Gasteiger charge is 2.08. The van der Waals surface area contributed by atoms with E-state index >= 15 is 0 Å². The highest BCUT2D eigenvalue weighted by molar-refractivity contribution is 9.10. The van der Waals surface area contributed by atoms with Crippen LogP contribution >= 0.6 is 28.3 Å². The molecule has 0 spiro atoms. The summed E-state index contributed by atoms with van der Waals surface area (Å²) in [6.07, 6.45) is 0. The van der Waals surface area contributed by atoms with Crippen molar-refractivity contribution in [3.05, 3.63) is 22.4 Å². The van der Waals surface area contributed by atoms with E-state index < -0.39 is 0 Å². The van der Waals surface area contributed by atoms with Crippen LogP contribution in [0, 0.1) is 5.82 Å². The Morgan fingerprint density at radius 3 is 2.50 bits per heavy atom. The van der Waals surface area contributed by atoms with E-state index in [4.69, 9.17) is 10.5 Å². The molecule has 68 valence electrons. The summed E-state index contributed by atoms with van der Waals surface area (Å²) in [6.45, 7) is 0. The van der Waals surface area contributed by atoms with Crippen molar-refractivity contribution < 1.29 is 9.13 Å². The number of hydrogen-bond donors (Lipinski definition) is 1. The second-order valence-electron chi connectivity index (χ2n) is 1.98. The van der Waals surface area contributed by atoms with Crippen LogP contribution in [0.15, 0.2) is 16.6 Å². The summed E-state index contributed by atoms with van der Waals surface area (Å²) in [4.78, 5) is 0. The molecule has 0 radical (unpaired) electrons. The van der Waals surface area contributed by atoms with Gasteiger partial charge < -0.3 is 10.5 Å². The number of rotatable bonds is 1. The average molecular weight is 257 g/mol. The van der Waals surface area contributed by atoms with Crippen molar-refractivity contribution in [2.24, 2.45) is 0 Å². The number of halogens is 3. The summed E-state index contributed by atoms with van der Waals surface area (Å²) in [6, 6.07) is 2.74. The van der Waals surface area contributed by atoms with Gasteiger partial charge in [0.1, 0.15) is 5.82 Å². The van der Waals surface area contributed by atoms with Gasteiger partial charge in [-0.05, 0) is 28.1 Å². The second-order valence-corrected chi connectivity index (χ2v) is 2.78. The molecular formula is C7H8BrClFNO. The molecule has 0 aromatic heterocycles. The van der Waals surface area contributed by atoms with Gasteiger partial charge in [-0.25, -0.2) is 4.39 Å². The first-order chi connectivity index (χ1) is 5.16. The lowest BCUT2D eigenvalue weighted by Crippen LogP contribution is -1.94. The third-order valence-electron chi connectivity index (χ3n) is 1.28. The number of benzene rings is 1. The molecule has 0 aliphatic carbocycles. The minimum atomic E-state index is -0.379. The summed E-state index contributed by atoms with van der Waals surface area (Å²) >= 11 is 3.01. The fraction of sp³-hybridized carbons (Fsp3) is 0.143. The molecule has 2 nitrogen and oxygen atoms in total. The fourth-order valence-corrected chi connectivity index (χ4v) is 1.28. The van der Waals surface area contributed by atoms with E-state index in [1.165, 1.54) is 19.2 Å². The van der Waals surface area contributed by atoms with Crippen LogP contribution in [0.25, 0.3) is 0 Å². The standard InChI is InChI=1S/C7H7BrFNO.ClH/c1-11-7-5(10)3-2-4(9)6(7)8;/h2-3H,10H2,1H3;1H. The van der Waals surface area contributed by atoms with Gasteiger partial charge in [0.25, 0.3) is 0 Å². The topological polar surface area (TPSA) is 35.2 Å². The summed E-state index contributed by atoms with van der Waals surface area (Å²) in [5, 5.41) is 0. The van der Waals surface area contributed by atoms with E-state index in [0.717, 1.165) is 0 Å². The molecule has 0 aliphatic heterocycles. The third kappa shape index (κ3) is 2.01. The van der Waals surface area contributed by atoms with E-state index in [1.807, 2.05) is 0 Å². The molecule has 1 aromatic rings. The minimum absolute atomic E-state index is 0. The van der Waals surface area contributed by atoms with E-state index in [1.54, 1.807) is 0 Å². The number of anilines is 1. The van der Waals surface area contributed by atoms with Gasteiger partial charge in [0, 0.05) is 0 Å². The minimum Gasteiger partial charge on any atom is -0.493 e. The molecule has 1 rings (SSSR count). The molecule has 1 aromatic carbocycles. The van der Waals surface area contributed by atoms with E-state index in [9.17, 15) is 4.39 Å². The van der Waals surface area contributed by atoms with Gasteiger partial charge in [-0.1, -0.05) is 0 Å². The quantitative estimate of drug-likeness (QED) is 0.784. The summed E-state index contributed by atoms with van der Waals surface area (Å²) in [7, 11) is 1.44. The molecule has 0 heterocycles. The first-order valence-corrected chi connectivity index (χ1v) is 3.73. The molecule has 0 saturated heterocycles. The summed E-state index contributed by atoms with van der Waals surface area (Å²) < 4.78 is 17.9. The van der Waals surface area contributed by atoms with Crippen molar-refractivity contribution in [1.29, 1.82) is 0 Å². The Hall–Kier alpha value is -0.480. The monoisotopic (exact) mass is 255 g/mol. The van der Waals surface area contributed by atoms with E-state index in [-0.39, 0.29) is 22.7 Å². The van der Waals surface area contributed by atoms with Crippen molar-refractivity contribution in [1.82, 2.24) is 0 Å². The molecule has 2 N–H and O–H groups in total. The lowest BCUT2D eigenvalue weighted by atomic mass is 10.3. The predicted molar refractivity (Wildman–Crippen MR) is 52.3 cm³/mol. The van der Waals surface area contributed by atoms with Gasteiger partial charge >= 0.3 is 0 Å². The third-order valence-corrected chi connectivity index (χ3v) is 2.02. The zero-order valence-electron chi connectivity index (χ0n) is 6.30. The Balaban J connectivity index is 0.00000121. The molecule has 0 amide bonds. The number of nitrogen functional groups attached to an aromatic ring is 1. The van der Waals surface area contributed by atoms with Crippen LogP contribution in [0.1, 0.15) is 0 Å². The maximum absolute atomic E-state index is 12.8. The second kappa shape index (κ2) is 4.52. The SMILES string of the molecule is COc1c(N)ccc(F)c1Br.Cl. The first kappa shape index (κ1) is 11.5. The van der Waals surface area contributed by atoms with Gasteiger partial charge in [-0.15, -0.1) is 12.4 Å². The molecule has 12 heavy (non-hydrogen) atoms. The molecule has 0 unspecified atom stereocenters. The first-order valence-electron chi connectivity index (χ1n) is 2.94. The lowest BCUT2D eigenvalue weighted by Gasteiger charge is -2.06. The molecule has 0 bridgehead atoms. The Kier molecular flexibility index (Phi) is 4.34. The lowest BCUT2D eigenvalue weighted by molar-refractivity contribution is 0.410. The maximum Gasteiger partial charge on any atom is 0.158 e. The zero-order chi connectivity index (χ0) is 8.43. The van der Waals surface area contributed by atoms with E-state index in [2.05, 4.69) is 15.9 Å². The Morgan fingerprint density at radius 1 is 1.50 bits per heavy atom. The Morgan fingerprint density at radius 2 is 2.08 bits per heavy atom. The van der Waals surface area contributed by atoms with Crippen LogP contribution in [0.4, 0.5) is 10.1 Å². The van der Waals surface area contributed by atoms with Gasteiger partial charge in [0.05, 0.1) is 17.3 Å². The van der Waals surface area contributed by atoms with Gasteiger partial charge in [-0.2, -0.15) is 0 Å². The molecular weight excluding hydrogens is 248 g/mol. The smallest absolute Gasteiger partial charge is 0.158 e. The molecule has 0 fully saturated rings. The Labute approximate surface area is 84.4 Å². The highest BCUT2D eigenvalue weighted by atomic mass is 79.9. The largest absolute Gasteiger partial charge is 0.493 e. The normalized spacial score (nSPS) is 8.92. The van der Waals surface area contributed by atoms with Gasteiger partial charge in [-0.3, -0.25) is 0 Å². The summed E-state index contributed by atoms with van der Waals surface area (Å²) in [5.41, 5.74) is 5.90. The van der Waals surface area contributed by atoms with Crippen molar-refractivity contribution in [2.45, 2.75) is 0 Å². The van der Waals surface area contributed by atoms with Crippen molar-refractivity contribution in [2.75, 3.05) is 12.8 Å². The Bertz CT molecular complexity index is 282. The van der Waals surface area contributed by atoms with Crippen molar-refractivity contribution in [3.63, 3.8) is 0 Å². The number of ether oxygens (including phenoxy) is 1. The van der Waals surface area contributed by atoms with Crippen LogP contribution in [0.3, 0.4) is 0 Å². The van der Waals surface area contributed by atoms with Crippen LogP contribution in [0.2, 0.25) is 0 Å². The number of methoxy groups -OCH3 is 1. The van der Waals surface area contributed by atoms with E-state index in [0.29, 0.717) is 11.4 Å². The fourth-order valence-electron chi connectivity index (χ4n) is 0.754. The van der Waals surface area contributed by atoms with Crippen LogP contribution < -0.4 is 10.5 Å². The molecule has 0 atom stereocenters. The van der Waals surface area contributed by atoms with Crippen molar-refractivity contribution in [3.8, 4) is 5.75 Å². The number of hydrogen-bond acceptors (Lipinski definition) is 2. The van der Waals surface area contributed by atoms with Gasteiger partial charge in [0.2, 0.25) is 0 Å². The van der Waals surface area contributed by atoms with Crippen LogP contribution in [-0.4, -0.2) is 7.11 Å². The molecule has 0 aliphatic rings. The summed E-state index contributed by atoms with van der Waals surface area (Å²) in [5.74, 6) is -0.0407. The zero-order valence-corrected chi connectivity index (χ0v) is 8.71. The maximum atomic E-state index is 12.8. The average Bonchev–Trinajstić information content (AvgIpc) is 1.99. The molecule has 0 saturated carbocycles. The highest BCUT2D eigenvalue weighted by Crippen LogP contribution is 2.32. The molecule has 5 heteroatoms. The van der Waals surface area contributed by atoms with Gasteiger partial charge in [0.15, 0.2) is 5.75 Å². The van der Waals surface area contributed by atoms with Crippen LogP contribution in [-0.2, 0) is 0 Å². The number of nitrogens with two attached hydrogens (primary N) is 1. The van der Waals surface area contributed by atoms with Crippen molar-refractivity contribution >= 4 is 34.0 Å².